The van der Waals surface area contributed by atoms with E-state index in [0.29, 0.717) is 0 Å². The summed E-state index contributed by atoms with van der Waals surface area (Å²) in [5, 5.41) is 33.0. The lowest BCUT2D eigenvalue weighted by molar-refractivity contribution is -0.243. The topological polar surface area (TPSA) is 192 Å². The Morgan fingerprint density at radius 1 is 1.13 bits per heavy atom. The van der Waals surface area contributed by atoms with Crippen LogP contribution in [0.5, 0.6) is 17.2 Å². The van der Waals surface area contributed by atoms with E-state index in [-0.39, 0.29) is 58.4 Å². The summed E-state index contributed by atoms with van der Waals surface area (Å²) in [5.74, 6) is -2.73. The lowest BCUT2D eigenvalue weighted by Crippen LogP contribution is -2.54. The van der Waals surface area contributed by atoms with Crippen LogP contribution in [-0.2, 0) is 20.7 Å². The highest BCUT2D eigenvalue weighted by Crippen LogP contribution is 2.52. The van der Waals surface area contributed by atoms with Gasteiger partial charge in [0, 0.05) is 42.0 Å². The zero-order chi connectivity index (χ0) is 27.7. The van der Waals surface area contributed by atoms with Gasteiger partial charge in [0.15, 0.2) is 12.1 Å². The van der Waals surface area contributed by atoms with Gasteiger partial charge in [-0.3, -0.25) is 14.4 Å². The van der Waals surface area contributed by atoms with E-state index in [4.69, 9.17) is 25.7 Å². The molecule has 0 radical (unpaired) electrons. The third kappa shape index (κ3) is 3.81. The van der Waals surface area contributed by atoms with Crippen molar-refractivity contribution in [3.63, 3.8) is 0 Å². The van der Waals surface area contributed by atoms with Gasteiger partial charge in [0.25, 0.3) is 0 Å². The molecule has 2 aromatic rings. The zero-order valence-corrected chi connectivity index (χ0v) is 21.2. The molecule has 0 unspecified atom stereocenters. The van der Waals surface area contributed by atoms with Crippen molar-refractivity contribution < 1.29 is 43.9 Å². The van der Waals surface area contributed by atoms with Crippen LogP contribution >= 0.6 is 0 Å². The third-order valence-corrected chi connectivity index (χ3v) is 7.89. The summed E-state index contributed by atoms with van der Waals surface area (Å²) in [6.45, 7) is 2.94. The third-order valence-electron chi connectivity index (χ3n) is 7.89. The minimum atomic E-state index is -1.50. The number of ether oxygens (including phenoxy) is 3. The number of Topliss-reactive ketones (excluding diaryl/α,β-unsaturated/α-hetero) is 1. The van der Waals surface area contributed by atoms with Crippen molar-refractivity contribution in [2.45, 2.75) is 69.3 Å². The first-order chi connectivity index (χ1) is 17.9. The van der Waals surface area contributed by atoms with E-state index in [1.165, 1.54) is 26.2 Å². The predicted octanol–water partition coefficient (Wildman–Crippen LogP) is 0.995. The van der Waals surface area contributed by atoms with Gasteiger partial charge in [0.05, 0.1) is 47.7 Å². The molecule has 2 aliphatic carbocycles. The van der Waals surface area contributed by atoms with E-state index >= 15 is 0 Å². The van der Waals surface area contributed by atoms with Crippen LogP contribution in [0.4, 0.5) is 0 Å². The van der Waals surface area contributed by atoms with Crippen molar-refractivity contribution in [2.24, 2.45) is 11.5 Å². The second kappa shape index (κ2) is 9.14. The maximum Gasteiger partial charge on any atom is 0.202 e. The molecule has 6 atom stereocenters. The number of benzene rings is 2. The molecule has 38 heavy (non-hydrogen) atoms. The smallest absolute Gasteiger partial charge is 0.202 e. The summed E-state index contributed by atoms with van der Waals surface area (Å²) in [7, 11) is 1.35. The summed E-state index contributed by atoms with van der Waals surface area (Å²) in [6, 6.07) is 3.84. The summed E-state index contributed by atoms with van der Waals surface area (Å²) in [6.07, 6.45) is -3.81. The van der Waals surface area contributed by atoms with Crippen LogP contribution in [0.15, 0.2) is 18.2 Å². The number of nitrogens with two attached hydrogens (primary N) is 2. The Balaban J connectivity index is 1.68. The lowest BCUT2D eigenvalue weighted by Gasteiger charge is -2.42. The number of hydrogen-bond acceptors (Lipinski definition) is 11. The molecule has 1 saturated heterocycles. The van der Waals surface area contributed by atoms with Gasteiger partial charge >= 0.3 is 0 Å². The summed E-state index contributed by atoms with van der Waals surface area (Å²) in [4.78, 5) is 39.8. The molecular formula is C27H30N2O9. The van der Waals surface area contributed by atoms with Crippen molar-refractivity contribution in [3.05, 3.63) is 51.6 Å². The monoisotopic (exact) mass is 526 g/mol. The Bertz CT molecular complexity index is 1360. The molecule has 0 spiro atoms. The normalized spacial score (nSPS) is 30.3. The van der Waals surface area contributed by atoms with Gasteiger partial charge in [-0.1, -0.05) is 12.1 Å². The van der Waals surface area contributed by atoms with E-state index in [1.54, 1.807) is 13.0 Å². The fraction of sp³-hybridized carbons (Fsp3) is 0.444. The molecule has 1 fully saturated rings. The minimum absolute atomic E-state index is 0.0165. The molecule has 11 nitrogen and oxygen atoms in total. The molecule has 7 N–H and O–H groups in total. The number of aliphatic hydroxyl groups is 1. The van der Waals surface area contributed by atoms with Crippen molar-refractivity contribution in [3.8, 4) is 17.2 Å². The fourth-order valence-corrected chi connectivity index (χ4v) is 5.71. The Hall–Kier alpha value is -3.35. The molecule has 0 amide bonds. The van der Waals surface area contributed by atoms with E-state index in [1.807, 2.05) is 0 Å². The number of aliphatic hydroxyl groups excluding tert-OH is 1. The first-order valence-electron chi connectivity index (χ1n) is 12.3. The van der Waals surface area contributed by atoms with Gasteiger partial charge in [-0.05, 0) is 19.9 Å². The number of carbonyl (C=O) groups excluding carboxylic acids is 3. The molecule has 202 valence electrons. The molecular weight excluding hydrogens is 496 g/mol. The molecule has 11 heteroatoms. The SMILES string of the molecule is COc1cccc2c1C(=O)c1c(O)c3c(c(O)c1C2=O)C[C@@](N)(C(C)=O)C[C@@H]3O[C@H]1C[C@H](N)[C@H](O)[C@H](C)O1. The van der Waals surface area contributed by atoms with Gasteiger partial charge < -0.3 is 41.0 Å². The second-order valence-electron chi connectivity index (χ2n) is 10.3. The Morgan fingerprint density at radius 2 is 1.82 bits per heavy atom. The number of phenols is 2. The second-order valence-corrected chi connectivity index (χ2v) is 10.3. The van der Waals surface area contributed by atoms with Crippen molar-refractivity contribution >= 4 is 17.3 Å². The van der Waals surface area contributed by atoms with Crippen molar-refractivity contribution in [1.82, 2.24) is 0 Å². The molecule has 0 aromatic heterocycles. The summed E-state index contributed by atoms with van der Waals surface area (Å²) >= 11 is 0. The van der Waals surface area contributed by atoms with E-state index in [0.717, 1.165) is 0 Å². The quantitative estimate of drug-likeness (QED) is 0.305. The van der Waals surface area contributed by atoms with Crippen LogP contribution in [0.1, 0.15) is 75.8 Å². The average molecular weight is 527 g/mol. The van der Waals surface area contributed by atoms with Crippen molar-refractivity contribution in [1.29, 1.82) is 0 Å². The minimum Gasteiger partial charge on any atom is -0.507 e. The molecule has 2 aromatic carbocycles. The number of phenolic OH excluding ortho intramolecular Hbond substituents is 2. The average Bonchev–Trinajstić information content (AvgIpc) is 2.87. The largest absolute Gasteiger partial charge is 0.507 e. The number of ketones is 3. The van der Waals surface area contributed by atoms with Gasteiger partial charge in [0.2, 0.25) is 5.78 Å². The van der Waals surface area contributed by atoms with Crippen molar-refractivity contribution in [2.75, 3.05) is 7.11 Å². The first kappa shape index (κ1) is 26.3. The summed E-state index contributed by atoms with van der Waals surface area (Å²) in [5.41, 5.74) is 10.3. The van der Waals surface area contributed by atoms with Crippen LogP contribution in [0, 0.1) is 0 Å². The van der Waals surface area contributed by atoms with Crippen LogP contribution in [0.3, 0.4) is 0 Å². The van der Waals surface area contributed by atoms with E-state index in [9.17, 15) is 29.7 Å². The molecule has 1 aliphatic heterocycles. The number of aromatic hydroxyl groups is 2. The maximum atomic E-state index is 13.7. The van der Waals surface area contributed by atoms with Crippen LogP contribution < -0.4 is 16.2 Å². The predicted molar refractivity (Wildman–Crippen MR) is 132 cm³/mol. The Labute approximate surface area is 218 Å². The molecule has 5 rings (SSSR count). The van der Waals surface area contributed by atoms with Crippen LogP contribution in [-0.4, -0.2) is 69.9 Å². The van der Waals surface area contributed by atoms with E-state index < -0.39 is 65.0 Å². The summed E-state index contributed by atoms with van der Waals surface area (Å²) < 4.78 is 17.2. The highest BCUT2D eigenvalue weighted by Gasteiger charge is 2.48. The van der Waals surface area contributed by atoms with E-state index in [2.05, 4.69) is 0 Å². The lowest BCUT2D eigenvalue weighted by atomic mass is 9.71. The maximum absolute atomic E-state index is 13.7. The number of hydrogen-bond donors (Lipinski definition) is 5. The number of methoxy groups -OCH3 is 1. The van der Waals surface area contributed by atoms with Gasteiger partial charge in [-0.15, -0.1) is 0 Å². The molecule has 1 heterocycles. The van der Waals surface area contributed by atoms with Crippen LogP contribution in [0.25, 0.3) is 0 Å². The van der Waals surface area contributed by atoms with Gasteiger partial charge in [-0.25, -0.2) is 0 Å². The zero-order valence-electron chi connectivity index (χ0n) is 21.2. The standard InChI is InChI=1S/C27H30N2O9/c1-10-22(31)14(28)7-17(37-10)38-16-9-27(29,11(2)30)8-13-19(16)26(35)21-20(24(13)33)23(32)12-5-4-6-15(36-3)18(12)25(21)34/h4-6,10,14,16-17,22,31,33,35H,7-9,28-29H2,1-3H3/t10-,14-,16-,17-,22+,27-/m0/s1. The molecule has 3 aliphatic rings. The number of fused-ring (bicyclic) bond motifs is 3. The number of rotatable bonds is 4. The Kier molecular flexibility index (Phi) is 6.32. The Morgan fingerprint density at radius 3 is 2.45 bits per heavy atom. The first-order valence-corrected chi connectivity index (χ1v) is 12.3. The van der Waals surface area contributed by atoms with Gasteiger partial charge in [0.1, 0.15) is 23.0 Å². The highest BCUT2D eigenvalue weighted by atomic mass is 16.7. The fourth-order valence-electron chi connectivity index (χ4n) is 5.71. The molecule has 0 bridgehead atoms. The highest BCUT2D eigenvalue weighted by molar-refractivity contribution is 6.31. The van der Waals surface area contributed by atoms with Gasteiger partial charge in [-0.2, -0.15) is 0 Å². The van der Waals surface area contributed by atoms with Crippen LogP contribution in [0.2, 0.25) is 0 Å². The molecule has 0 saturated carbocycles. The number of carbonyl (C=O) groups is 3.